The summed E-state index contributed by atoms with van der Waals surface area (Å²) in [5.74, 6) is 0.114. The third-order valence-electron chi connectivity index (χ3n) is 5.07. The number of anilines is 1. The maximum Gasteiger partial charge on any atom is 0.279 e. The van der Waals surface area contributed by atoms with Crippen molar-refractivity contribution in [1.82, 2.24) is 0 Å². The number of aryl methyl sites for hydroxylation is 3. The van der Waals surface area contributed by atoms with Gasteiger partial charge < -0.3 is 15.1 Å². The molecule has 1 aliphatic heterocycles. The summed E-state index contributed by atoms with van der Waals surface area (Å²) >= 11 is 7.69. The maximum atomic E-state index is 12.5. The Morgan fingerprint density at radius 3 is 2.27 bits per heavy atom. The smallest absolute Gasteiger partial charge is 0.279 e. The summed E-state index contributed by atoms with van der Waals surface area (Å²) in [7, 11) is 0. The van der Waals surface area contributed by atoms with E-state index in [2.05, 4.69) is 44.3 Å². The lowest BCUT2D eigenvalue weighted by molar-refractivity contribution is -1.01. The number of carbonyl (C=O) groups excluding carboxylic acids is 1. The summed E-state index contributed by atoms with van der Waals surface area (Å²) in [6.07, 6.45) is 0. The average Bonchev–Trinajstić information content (AvgIpc) is 2.98. The Morgan fingerprint density at radius 1 is 1.08 bits per heavy atom. The molecule has 0 radical (unpaired) electrons. The van der Waals surface area contributed by atoms with Crippen LogP contribution in [-0.2, 0) is 11.3 Å². The fraction of sp³-hybridized carbons (Fsp3) is 0.450. The molecular formula is C20H28ClN3OS+2. The van der Waals surface area contributed by atoms with Crippen LogP contribution in [0, 0.1) is 20.8 Å². The molecule has 140 valence electrons. The first kappa shape index (κ1) is 19.4. The maximum absolute atomic E-state index is 12.5. The molecule has 0 unspecified atom stereocenters. The number of nitrogens with one attached hydrogen (secondary N) is 3. The van der Waals surface area contributed by atoms with E-state index in [9.17, 15) is 4.79 Å². The number of benzene rings is 1. The first-order valence-corrected chi connectivity index (χ1v) is 10.4. The summed E-state index contributed by atoms with van der Waals surface area (Å²) < 4.78 is 0.863. The van der Waals surface area contributed by atoms with Crippen molar-refractivity contribution in [2.75, 3.05) is 38.0 Å². The van der Waals surface area contributed by atoms with Crippen molar-refractivity contribution in [3.05, 3.63) is 50.2 Å². The number of quaternary nitrogens is 2. The van der Waals surface area contributed by atoms with Crippen molar-refractivity contribution in [2.24, 2.45) is 0 Å². The van der Waals surface area contributed by atoms with Gasteiger partial charge in [-0.3, -0.25) is 4.79 Å². The number of carbonyl (C=O) groups is 1. The Balaban J connectivity index is 1.48. The van der Waals surface area contributed by atoms with Gasteiger partial charge in [0, 0.05) is 5.69 Å². The number of amides is 1. The van der Waals surface area contributed by atoms with E-state index in [0.717, 1.165) is 53.9 Å². The predicted molar refractivity (Wildman–Crippen MR) is 109 cm³/mol. The third-order valence-corrected chi connectivity index (χ3v) is 6.30. The lowest BCUT2D eigenvalue weighted by atomic mass is 10.1. The first-order chi connectivity index (χ1) is 12.4. The Labute approximate surface area is 164 Å². The zero-order valence-electron chi connectivity index (χ0n) is 15.7. The second-order valence-electron chi connectivity index (χ2n) is 7.38. The monoisotopic (exact) mass is 393 g/mol. The lowest BCUT2D eigenvalue weighted by Gasteiger charge is -2.29. The molecule has 0 bridgehead atoms. The molecule has 0 atom stereocenters. The molecule has 3 N–H and O–H groups in total. The summed E-state index contributed by atoms with van der Waals surface area (Å²) in [5, 5.41) is 3.13. The Bertz CT molecular complexity index is 758. The molecule has 0 saturated carbocycles. The molecule has 1 saturated heterocycles. The van der Waals surface area contributed by atoms with Gasteiger partial charge in [0.25, 0.3) is 5.91 Å². The Hall–Kier alpha value is -1.40. The number of hydrogen-bond donors (Lipinski definition) is 3. The number of hydrogen-bond acceptors (Lipinski definition) is 2. The van der Waals surface area contributed by atoms with E-state index in [4.69, 9.17) is 11.6 Å². The van der Waals surface area contributed by atoms with Crippen molar-refractivity contribution < 1.29 is 14.6 Å². The summed E-state index contributed by atoms with van der Waals surface area (Å²) in [6.45, 7) is 12.1. The summed E-state index contributed by atoms with van der Waals surface area (Å²) in [4.78, 5) is 16.8. The highest BCUT2D eigenvalue weighted by molar-refractivity contribution is 7.16. The summed E-state index contributed by atoms with van der Waals surface area (Å²) in [6, 6.07) is 8.34. The largest absolute Gasteiger partial charge is 0.321 e. The van der Waals surface area contributed by atoms with Gasteiger partial charge in [0.05, 0.1) is 9.21 Å². The van der Waals surface area contributed by atoms with Crippen LogP contribution < -0.4 is 15.1 Å². The van der Waals surface area contributed by atoms with Gasteiger partial charge >= 0.3 is 0 Å². The first-order valence-electron chi connectivity index (χ1n) is 9.20. The van der Waals surface area contributed by atoms with Gasteiger partial charge in [-0.1, -0.05) is 29.3 Å². The van der Waals surface area contributed by atoms with Gasteiger partial charge in [0.2, 0.25) is 0 Å². The highest BCUT2D eigenvalue weighted by Gasteiger charge is 2.25. The Morgan fingerprint density at radius 2 is 1.69 bits per heavy atom. The van der Waals surface area contributed by atoms with Crippen molar-refractivity contribution in [1.29, 1.82) is 0 Å². The van der Waals surface area contributed by atoms with Crippen LogP contribution in [0.1, 0.15) is 21.6 Å². The second kappa shape index (κ2) is 8.53. The van der Waals surface area contributed by atoms with Crippen LogP contribution in [0.4, 0.5) is 5.69 Å². The third kappa shape index (κ3) is 5.07. The second-order valence-corrected chi connectivity index (χ2v) is 9.18. The van der Waals surface area contributed by atoms with E-state index in [1.54, 1.807) is 16.2 Å². The van der Waals surface area contributed by atoms with Crippen LogP contribution >= 0.6 is 22.9 Å². The van der Waals surface area contributed by atoms with Gasteiger partial charge in [-0.05, 0) is 44.0 Å². The lowest BCUT2D eigenvalue weighted by Crippen LogP contribution is -3.28. The Kier molecular flexibility index (Phi) is 6.35. The van der Waals surface area contributed by atoms with Crippen LogP contribution in [0.2, 0.25) is 4.34 Å². The van der Waals surface area contributed by atoms with Crippen LogP contribution in [-0.4, -0.2) is 38.6 Å². The normalized spacial score (nSPS) is 20.2. The molecular weight excluding hydrogens is 366 g/mol. The molecule has 2 heterocycles. The molecule has 1 aromatic heterocycles. The van der Waals surface area contributed by atoms with E-state index in [-0.39, 0.29) is 5.91 Å². The zero-order chi connectivity index (χ0) is 18.7. The van der Waals surface area contributed by atoms with Gasteiger partial charge in [0.1, 0.15) is 32.7 Å². The molecule has 2 aromatic rings. The van der Waals surface area contributed by atoms with Crippen LogP contribution in [0.3, 0.4) is 0 Å². The fourth-order valence-corrected chi connectivity index (χ4v) is 4.95. The SMILES string of the molecule is Cc1cc(C)c(NC(=O)C[NH+]2CC[NH+](Cc3ccc(Cl)s3)CC2)c(C)c1. The summed E-state index contributed by atoms with van der Waals surface area (Å²) in [5.41, 5.74) is 4.47. The minimum absolute atomic E-state index is 0.114. The molecule has 1 aliphatic rings. The molecule has 0 spiro atoms. The van der Waals surface area contributed by atoms with E-state index < -0.39 is 0 Å². The van der Waals surface area contributed by atoms with E-state index >= 15 is 0 Å². The van der Waals surface area contributed by atoms with E-state index in [1.165, 1.54) is 15.3 Å². The molecule has 0 aliphatic carbocycles. The average molecular weight is 394 g/mol. The van der Waals surface area contributed by atoms with Gasteiger partial charge in [-0.15, -0.1) is 11.3 Å². The molecule has 1 amide bonds. The standard InChI is InChI=1S/C20H26ClN3OS/c1-14-10-15(2)20(16(3)11-14)22-19(25)13-24-8-6-23(7-9-24)12-17-4-5-18(21)26-17/h4-5,10-11H,6-9,12-13H2,1-3H3,(H,22,25)/p+2. The van der Waals surface area contributed by atoms with Crippen LogP contribution in [0.25, 0.3) is 0 Å². The van der Waals surface area contributed by atoms with Gasteiger partial charge in [-0.2, -0.15) is 0 Å². The van der Waals surface area contributed by atoms with Gasteiger partial charge in [-0.25, -0.2) is 0 Å². The van der Waals surface area contributed by atoms with Crippen molar-refractivity contribution in [2.45, 2.75) is 27.3 Å². The fourth-order valence-electron chi connectivity index (χ4n) is 3.79. The van der Waals surface area contributed by atoms with E-state index in [1.807, 2.05) is 6.07 Å². The van der Waals surface area contributed by atoms with Crippen molar-refractivity contribution in [3.8, 4) is 0 Å². The zero-order valence-corrected chi connectivity index (χ0v) is 17.3. The topological polar surface area (TPSA) is 38.0 Å². The minimum atomic E-state index is 0.114. The molecule has 6 heteroatoms. The molecule has 3 rings (SSSR count). The quantitative estimate of drug-likeness (QED) is 0.702. The number of piperazine rings is 1. The number of rotatable bonds is 5. The predicted octanol–water partition coefficient (Wildman–Crippen LogP) is 1.25. The number of halogens is 1. The highest BCUT2D eigenvalue weighted by atomic mass is 35.5. The molecule has 4 nitrogen and oxygen atoms in total. The van der Waals surface area contributed by atoms with Crippen LogP contribution in [0.5, 0.6) is 0 Å². The van der Waals surface area contributed by atoms with Crippen molar-refractivity contribution in [3.63, 3.8) is 0 Å². The molecule has 1 fully saturated rings. The van der Waals surface area contributed by atoms with Crippen LogP contribution in [0.15, 0.2) is 24.3 Å². The van der Waals surface area contributed by atoms with E-state index in [0.29, 0.717) is 6.54 Å². The van der Waals surface area contributed by atoms with Gasteiger partial charge in [0.15, 0.2) is 6.54 Å². The highest BCUT2D eigenvalue weighted by Crippen LogP contribution is 2.22. The molecule has 1 aromatic carbocycles. The molecule has 26 heavy (non-hydrogen) atoms. The minimum Gasteiger partial charge on any atom is -0.321 e. The van der Waals surface area contributed by atoms with Crippen molar-refractivity contribution >= 4 is 34.5 Å². The number of thiophene rings is 1.